The summed E-state index contributed by atoms with van der Waals surface area (Å²) < 4.78 is 35.0. The van der Waals surface area contributed by atoms with Gasteiger partial charge in [-0.3, -0.25) is 13.8 Å². The number of likely N-dealkylation sites (N-methyl/N-ethyl adjacent to an activating group) is 1. The molecule has 0 amide bonds. The zero-order valence-electron chi connectivity index (χ0n) is 34.4. The third-order valence-corrected chi connectivity index (χ3v) is 10.3. The number of hydrogen-bond donors (Lipinski definition) is 1. The summed E-state index contributed by atoms with van der Waals surface area (Å²) in [6, 6.07) is 0. The number of carbonyl (C=O) groups is 1. The molecule has 304 valence electrons. The molecule has 51 heavy (non-hydrogen) atoms. The predicted molar refractivity (Wildman–Crippen MR) is 215 cm³/mol. The average molecular weight is 747 g/mol. The van der Waals surface area contributed by atoms with E-state index in [4.69, 9.17) is 18.5 Å². The van der Waals surface area contributed by atoms with Crippen molar-refractivity contribution < 1.29 is 37.3 Å². The topological polar surface area (TPSA) is 91.3 Å². The Bertz CT molecular complexity index is 833. The van der Waals surface area contributed by atoms with Crippen LogP contribution in [0.1, 0.15) is 194 Å². The first-order valence-electron chi connectivity index (χ1n) is 21.4. The Balaban J connectivity index is 4.23. The van der Waals surface area contributed by atoms with Crippen LogP contribution >= 0.6 is 7.82 Å². The van der Waals surface area contributed by atoms with Crippen molar-refractivity contribution in [3.63, 3.8) is 0 Å². The first kappa shape index (κ1) is 50.2. The van der Waals surface area contributed by atoms with Crippen molar-refractivity contribution in [2.45, 2.75) is 200 Å². The second-order valence-electron chi connectivity index (χ2n) is 15.7. The fourth-order valence-electron chi connectivity index (χ4n) is 5.96. The molecule has 0 rings (SSSR count). The molecule has 1 N–H and O–H groups in total. The molecule has 8 nitrogen and oxygen atoms in total. The van der Waals surface area contributed by atoms with E-state index >= 15 is 0 Å². The number of allylic oxidation sites excluding steroid dienone is 2. The lowest BCUT2D eigenvalue weighted by molar-refractivity contribution is -0.870. The Morgan fingerprint density at radius 3 is 1.51 bits per heavy atom. The first-order chi connectivity index (χ1) is 24.6. The van der Waals surface area contributed by atoms with Gasteiger partial charge in [-0.1, -0.05) is 161 Å². The highest BCUT2D eigenvalue weighted by Crippen LogP contribution is 2.43. The third-order valence-electron chi connectivity index (χ3n) is 9.33. The van der Waals surface area contributed by atoms with Gasteiger partial charge in [-0.25, -0.2) is 4.57 Å². The lowest BCUT2D eigenvalue weighted by Crippen LogP contribution is -2.37. The van der Waals surface area contributed by atoms with Gasteiger partial charge in [0.15, 0.2) is 0 Å². The molecule has 2 atom stereocenters. The maximum absolute atomic E-state index is 12.7. The lowest BCUT2D eigenvalue weighted by Gasteiger charge is -2.24. The maximum atomic E-state index is 12.7. The quantitative estimate of drug-likeness (QED) is 0.0219. The van der Waals surface area contributed by atoms with Gasteiger partial charge in [0.1, 0.15) is 19.3 Å². The number of esters is 1. The third kappa shape index (κ3) is 40.3. The Labute approximate surface area is 316 Å². The van der Waals surface area contributed by atoms with Gasteiger partial charge in [-0.15, -0.1) is 0 Å². The van der Waals surface area contributed by atoms with Gasteiger partial charge in [0.2, 0.25) is 0 Å². The summed E-state index contributed by atoms with van der Waals surface area (Å²) in [5.41, 5.74) is 0. The van der Waals surface area contributed by atoms with Gasteiger partial charge in [0, 0.05) is 13.0 Å². The van der Waals surface area contributed by atoms with E-state index in [1.807, 2.05) is 21.1 Å². The van der Waals surface area contributed by atoms with Crippen LogP contribution in [0.5, 0.6) is 0 Å². The predicted octanol–water partition coefficient (Wildman–Crippen LogP) is 12.3. The van der Waals surface area contributed by atoms with Gasteiger partial charge < -0.3 is 18.9 Å². The van der Waals surface area contributed by atoms with E-state index in [0.29, 0.717) is 24.1 Å². The molecule has 0 spiro atoms. The molecule has 0 radical (unpaired) electrons. The van der Waals surface area contributed by atoms with Gasteiger partial charge in [-0.05, 0) is 38.5 Å². The summed E-state index contributed by atoms with van der Waals surface area (Å²) in [6.07, 6.45) is 38.0. The Kier molecular flexibility index (Phi) is 35.7. The number of ether oxygens (including phenoxy) is 2. The smallest absolute Gasteiger partial charge is 0.457 e. The van der Waals surface area contributed by atoms with Gasteiger partial charge in [0.25, 0.3) is 0 Å². The van der Waals surface area contributed by atoms with E-state index in [9.17, 15) is 14.3 Å². The van der Waals surface area contributed by atoms with E-state index in [2.05, 4.69) is 26.0 Å². The molecule has 0 aromatic carbocycles. The maximum Gasteiger partial charge on any atom is 0.472 e. The Morgan fingerprint density at radius 1 is 0.588 bits per heavy atom. The molecular weight excluding hydrogens is 661 g/mol. The number of nitrogens with zero attached hydrogens (tertiary/aromatic N) is 1. The highest BCUT2D eigenvalue weighted by Gasteiger charge is 2.26. The lowest BCUT2D eigenvalue weighted by atomic mass is 10.0. The van der Waals surface area contributed by atoms with Crippen LogP contribution in [0, 0.1) is 0 Å². The largest absolute Gasteiger partial charge is 0.472 e. The number of rotatable bonds is 40. The van der Waals surface area contributed by atoms with Crippen molar-refractivity contribution in [2.75, 3.05) is 54.1 Å². The van der Waals surface area contributed by atoms with Crippen molar-refractivity contribution in [2.24, 2.45) is 0 Å². The van der Waals surface area contributed by atoms with Crippen LogP contribution in [0.25, 0.3) is 0 Å². The minimum atomic E-state index is -4.27. The van der Waals surface area contributed by atoms with E-state index in [0.717, 1.165) is 32.1 Å². The second kappa shape index (κ2) is 36.2. The monoisotopic (exact) mass is 747 g/mol. The van der Waals surface area contributed by atoms with Gasteiger partial charge >= 0.3 is 13.8 Å². The molecule has 0 saturated carbocycles. The fourth-order valence-corrected chi connectivity index (χ4v) is 6.70. The molecule has 0 heterocycles. The van der Waals surface area contributed by atoms with Crippen LogP contribution in [0.2, 0.25) is 0 Å². The van der Waals surface area contributed by atoms with E-state index in [1.54, 1.807) is 0 Å². The van der Waals surface area contributed by atoms with Crippen LogP contribution in [0.4, 0.5) is 0 Å². The fraction of sp³-hybridized carbons (Fsp3) is 0.929. The van der Waals surface area contributed by atoms with Crippen LogP contribution in [0.3, 0.4) is 0 Å². The molecule has 0 aliphatic rings. The first-order valence-corrected chi connectivity index (χ1v) is 22.9. The van der Waals surface area contributed by atoms with Crippen molar-refractivity contribution in [3.8, 4) is 0 Å². The van der Waals surface area contributed by atoms with E-state index in [1.165, 1.54) is 141 Å². The van der Waals surface area contributed by atoms with Gasteiger partial charge in [-0.2, -0.15) is 0 Å². The van der Waals surface area contributed by atoms with Crippen LogP contribution in [-0.4, -0.2) is 75.6 Å². The molecule has 0 aliphatic carbocycles. The molecule has 0 aromatic heterocycles. The van der Waals surface area contributed by atoms with Crippen LogP contribution < -0.4 is 0 Å². The summed E-state index contributed by atoms with van der Waals surface area (Å²) in [6.45, 7) is 5.62. The number of unbranched alkanes of at least 4 members (excludes halogenated alkanes) is 24. The number of phosphoric ester groups is 1. The van der Waals surface area contributed by atoms with Crippen molar-refractivity contribution in [3.05, 3.63) is 12.2 Å². The summed E-state index contributed by atoms with van der Waals surface area (Å²) in [5.74, 6) is -0.313. The summed E-state index contributed by atoms with van der Waals surface area (Å²) >= 11 is 0. The average Bonchev–Trinajstić information content (AvgIpc) is 3.08. The number of hydrogen-bond acceptors (Lipinski definition) is 6. The van der Waals surface area contributed by atoms with E-state index in [-0.39, 0.29) is 25.8 Å². The minimum Gasteiger partial charge on any atom is -0.457 e. The Hall–Kier alpha value is -0.760. The molecule has 0 saturated heterocycles. The molecule has 0 aromatic rings. The van der Waals surface area contributed by atoms with Crippen molar-refractivity contribution in [1.29, 1.82) is 0 Å². The molecule has 0 bridgehead atoms. The highest BCUT2D eigenvalue weighted by molar-refractivity contribution is 7.47. The standard InChI is InChI=1S/C42H84NO7P/c1-6-8-10-12-14-16-18-20-22-23-25-27-29-31-33-35-42(44)50-41(40-49-51(45,46)48-38-36-43(3,4)5)39-47-37-34-32-30-28-26-24-21-19-17-15-13-11-9-7-2/h17,19,41H,6-16,18,20-40H2,1-5H3/p+1/b19-17-/t41-/m1/s1. The van der Waals surface area contributed by atoms with Crippen molar-refractivity contribution >= 4 is 13.8 Å². The molecule has 1 unspecified atom stereocenters. The second-order valence-corrected chi connectivity index (χ2v) is 17.2. The zero-order chi connectivity index (χ0) is 37.7. The zero-order valence-corrected chi connectivity index (χ0v) is 35.3. The summed E-state index contributed by atoms with van der Waals surface area (Å²) in [4.78, 5) is 22.8. The van der Waals surface area contributed by atoms with Crippen LogP contribution in [0.15, 0.2) is 12.2 Å². The summed E-state index contributed by atoms with van der Waals surface area (Å²) in [7, 11) is 1.67. The number of phosphoric acid groups is 1. The highest BCUT2D eigenvalue weighted by atomic mass is 31.2. The molecular formula is C42H85NO7P+. The molecule has 0 fully saturated rings. The number of quaternary nitrogens is 1. The van der Waals surface area contributed by atoms with Crippen molar-refractivity contribution in [1.82, 2.24) is 0 Å². The molecule has 0 aliphatic heterocycles. The summed E-state index contributed by atoms with van der Waals surface area (Å²) in [5, 5.41) is 0. The number of carbonyl (C=O) groups excluding carboxylic acids is 1. The Morgan fingerprint density at radius 2 is 1.02 bits per heavy atom. The van der Waals surface area contributed by atoms with E-state index < -0.39 is 13.9 Å². The SMILES string of the molecule is CCCCCC/C=C\CCCCCCCCOC[C@H](COP(=O)(O)OCC[N+](C)(C)C)OC(=O)CCCCCCCCCCCCCCCCC. The normalized spacial score (nSPS) is 13.9. The molecule has 9 heteroatoms. The van der Waals surface area contributed by atoms with Gasteiger partial charge in [0.05, 0.1) is 34.4 Å². The van der Waals surface area contributed by atoms with Crippen LogP contribution in [-0.2, 0) is 27.9 Å². The minimum absolute atomic E-state index is 0.0905.